The molecule has 26 heavy (non-hydrogen) atoms. The molecule has 3 amide bonds. The van der Waals surface area contributed by atoms with E-state index in [0.717, 1.165) is 29.9 Å². The summed E-state index contributed by atoms with van der Waals surface area (Å²) in [5, 5.41) is 11.0. The van der Waals surface area contributed by atoms with Crippen LogP contribution >= 0.6 is 11.8 Å². The number of hydrogen-bond donors (Lipinski definition) is 2. The van der Waals surface area contributed by atoms with Crippen molar-refractivity contribution in [3.05, 3.63) is 29.8 Å². The fourth-order valence-corrected chi connectivity index (χ4v) is 3.66. The normalized spacial score (nSPS) is 12.2. The molecule has 0 saturated heterocycles. The van der Waals surface area contributed by atoms with Gasteiger partial charge in [0.15, 0.2) is 11.0 Å². The molecule has 0 bridgehead atoms. The second-order valence-corrected chi connectivity index (χ2v) is 7.57. The van der Waals surface area contributed by atoms with Crippen LogP contribution in [-0.2, 0) is 11.3 Å². The third-order valence-electron chi connectivity index (χ3n) is 3.78. The molecule has 0 radical (unpaired) electrons. The topological polar surface area (TPSA) is 103 Å². The summed E-state index contributed by atoms with van der Waals surface area (Å²) in [5.41, 5.74) is 7.21. The first kappa shape index (κ1) is 20.0. The molecule has 2 rings (SSSR count). The van der Waals surface area contributed by atoms with Gasteiger partial charge in [-0.15, -0.1) is 10.2 Å². The fourth-order valence-electron chi connectivity index (χ4n) is 2.60. The molecular weight excluding hydrogens is 350 g/mol. The van der Waals surface area contributed by atoms with Crippen LogP contribution in [0.15, 0.2) is 29.4 Å². The fraction of sp³-hybridized carbons (Fsp3) is 0.444. The van der Waals surface area contributed by atoms with E-state index in [1.54, 1.807) is 0 Å². The molecule has 1 aromatic carbocycles. The Morgan fingerprint density at radius 3 is 2.62 bits per heavy atom. The zero-order valence-electron chi connectivity index (χ0n) is 15.5. The standard InChI is InChI=1S/C18H25N5O2S/c1-5-9-23-15(13-8-6-7-12(4)10-13)21-22-18(23)26-14(11(2)3)16(24)20-17(19)25/h6-8,10-11,14H,5,9H2,1-4H3,(H3,19,20,24,25)/t14-/m1/s1. The summed E-state index contributed by atoms with van der Waals surface area (Å²) < 4.78 is 2.02. The molecule has 140 valence electrons. The first-order chi connectivity index (χ1) is 12.3. The van der Waals surface area contributed by atoms with E-state index in [-0.39, 0.29) is 5.92 Å². The molecule has 1 aromatic heterocycles. The Labute approximate surface area is 157 Å². The second-order valence-electron chi connectivity index (χ2n) is 6.46. The number of carbonyl (C=O) groups excluding carboxylic acids is 2. The first-order valence-corrected chi connectivity index (χ1v) is 9.48. The Balaban J connectivity index is 2.36. The molecule has 0 spiro atoms. The van der Waals surface area contributed by atoms with Crippen LogP contribution in [0.2, 0.25) is 0 Å². The summed E-state index contributed by atoms with van der Waals surface area (Å²) >= 11 is 1.30. The predicted octanol–water partition coefficient (Wildman–Crippen LogP) is 2.98. The Morgan fingerprint density at radius 1 is 1.31 bits per heavy atom. The number of imide groups is 1. The molecule has 0 unspecified atom stereocenters. The second kappa shape index (κ2) is 8.84. The minimum atomic E-state index is -0.850. The molecule has 0 aliphatic heterocycles. The summed E-state index contributed by atoms with van der Waals surface area (Å²) in [6.45, 7) is 8.68. The highest BCUT2D eigenvalue weighted by atomic mass is 32.2. The minimum absolute atomic E-state index is 0.00598. The summed E-state index contributed by atoms with van der Waals surface area (Å²) in [4.78, 5) is 23.3. The van der Waals surface area contributed by atoms with Crippen molar-refractivity contribution in [3.63, 3.8) is 0 Å². The van der Waals surface area contributed by atoms with Crippen LogP contribution in [0.5, 0.6) is 0 Å². The molecule has 0 saturated carbocycles. The molecule has 0 aliphatic rings. The number of thioether (sulfide) groups is 1. The van der Waals surface area contributed by atoms with Crippen LogP contribution in [0, 0.1) is 12.8 Å². The van der Waals surface area contributed by atoms with E-state index in [0.29, 0.717) is 5.16 Å². The molecule has 2 aromatic rings. The van der Waals surface area contributed by atoms with Crippen molar-refractivity contribution in [3.8, 4) is 11.4 Å². The molecular formula is C18H25N5O2S. The number of urea groups is 1. The molecule has 0 fully saturated rings. The number of nitrogens with zero attached hydrogens (tertiary/aromatic N) is 3. The number of carbonyl (C=O) groups is 2. The van der Waals surface area contributed by atoms with Crippen molar-refractivity contribution < 1.29 is 9.59 Å². The lowest BCUT2D eigenvalue weighted by molar-refractivity contribution is -0.120. The van der Waals surface area contributed by atoms with Gasteiger partial charge in [0, 0.05) is 12.1 Å². The van der Waals surface area contributed by atoms with Gasteiger partial charge in [-0.25, -0.2) is 4.79 Å². The van der Waals surface area contributed by atoms with Crippen LogP contribution in [0.1, 0.15) is 32.8 Å². The van der Waals surface area contributed by atoms with Gasteiger partial charge in [-0.3, -0.25) is 10.1 Å². The van der Waals surface area contributed by atoms with E-state index in [4.69, 9.17) is 5.73 Å². The van der Waals surface area contributed by atoms with Crippen molar-refractivity contribution in [2.75, 3.05) is 0 Å². The van der Waals surface area contributed by atoms with Crippen molar-refractivity contribution in [1.29, 1.82) is 0 Å². The zero-order chi connectivity index (χ0) is 19.3. The third-order valence-corrected chi connectivity index (χ3v) is 5.31. The van der Waals surface area contributed by atoms with E-state index < -0.39 is 17.2 Å². The number of aryl methyl sites for hydroxylation is 1. The van der Waals surface area contributed by atoms with Crippen LogP contribution in [0.25, 0.3) is 11.4 Å². The SMILES string of the molecule is CCCn1c(S[C@@H](C(=O)NC(N)=O)C(C)C)nnc1-c1cccc(C)c1. The number of benzene rings is 1. The van der Waals surface area contributed by atoms with Gasteiger partial charge in [0.25, 0.3) is 0 Å². The van der Waals surface area contributed by atoms with Gasteiger partial charge in [0.1, 0.15) is 0 Å². The molecule has 1 heterocycles. The lowest BCUT2D eigenvalue weighted by Crippen LogP contribution is -2.42. The van der Waals surface area contributed by atoms with Crippen molar-refractivity contribution in [2.45, 2.75) is 51.1 Å². The average Bonchev–Trinajstić information content (AvgIpc) is 2.94. The zero-order valence-corrected chi connectivity index (χ0v) is 16.3. The Morgan fingerprint density at radius 2 is 2.04 bits per heavy atom. The number of nitrogens with two attached hydrogens (primary N) is 1. The van der Waals surface area contributed by atoms with E-state index in [1.165, 1.54) is 11.8 Å². The monoisotopic (exact) mass is 375 g/mol. The lowest BCUT2D eigenvalue weighted by atomic mass is 10.1. The van der Waals surface area contributed by atoms with Crippen LogP contribution in [0.3, 0.4) is 0 Å². The average molecular weight is 375 g/mol. The number of hydrogen-bond acceptors (Lipinski definition) is 5. The smallest absolute Gasteiger partial charge is 0.318 e. The molecule has 1 atom stereocenters. The van der Waals surface area contributed by atoms with Gasteiger partial charge >= 0.3 is 6.03 Å². The summed E-state index contributed by atoms with van der Waals surface area (Å²) in [7, 11) is 0. The number of aromatic nitrogens is 3. The van der Waals surface area contributed by atoms with Gasteiger partial charge in [-0.1, -0.05) is 56.3 Å². The van der Waals surface area contributed by atoms with E-state index >= 15 is 0 Å². The Hall–Kier alpha value is -2.35. The van der Waals surface area contributed by atoms with E-state index in [2.05, 4.69) is 28.5 Å². The van der Waals surface area contributed by atoms with Gasteiger partial charge in [0.05, 0.1) is 5.25 Å². The number of amides is 3. The number of primary amides is 1. The van der Waals surface area contributed by atoms with Crippen molar-refractivity contribution in [2.24, 2.45) is 11.7 Å². The van der Waals surface area contributed by atoms with Gasteiger partial charge < -0.3 is 10.3 Å². The first-order valence-electron chi connectivity index (χ1n) is 8.60. The Kier molecular flexibility index (Phi) is 6.79. The van der Waals surface area contributed by atoms with Gasteiger partial charge in [-0.05, 0) is 25.3 Å². The molecule has 7 nitrogen and oxygen atoms in total. The van der Waals surface area contributed by atoms with E-state index in [9.17, 15) is 9.59 Å². The summed E-state index contributed by atoms with van der Waals surface area (Å²) in [5.74, 6) is 0.352. The number of rotatable bonds is 7. The highest BCUT2D eigenvalue weighted by Crippen LogP contribution is 2.30. The molecule has 8 heteroatoms. The van der Waals surface area contributed by atoms with E-state index in [1.807, 2.05) is 43.5 Å². The van der Waals surface area contributed by atoms with Crippen LogP contribution in [0.4, 0.5) is 4.79 Å². The summed E-state index contributed by atoms with van der Waals surface area (Å²) in [6, 6.07) is 7.22. The maximum absolute atomic E-state index is 12.3. The van der Waals surface area contributed by atoms with Crippen molar-refractivity contribution in [1.82, 2.24) is 20.1 Å². The van der Waals surface area contributed by atoms with Gasteiger partial charge in [-0.2, -0.15) is 0 Å². The highest BCUT2D eigenvalue weighted by Gasteiger charge is 2.27. The maximum Gasteiger partial charge on any atom is 0.318 e. The third kappa shape index (κ3) is 4.85. The predicted molar refractivity (Wildman–Crippen MR) is 103 cm³/mol. The van der Waals surface area contributed by atoms with Gasteiger partial charge in [0.2, 0.25) is 5.91 Å². The number of nitrogens with one attached hydrogen (secondary N) is 1. The van der Waals surface area contributed by atoms with Crippen LogP contribution in [-0.4, -0.2) is 32.0 Å². The largest absolute Gasteiger partial charge is 0.351 e. The lowest BCUT2D eigenvalue weighted by Gasteiger charge is -2.19. The minimum Gasteiger partial charge on any atom is -0.351 e. The molecule has 3 N–H and O–H groups in total. The van der Waals surface area contributed by atoms with Crippen molar-refractivity contribution >= 4 is 23.7 Å². The quantitative estimate of drug-likeness (QED) is 0.724. The molecule has 0 aliphatic carbocycles. The maximum atomic E-state index is 12.3. The highest BCUT2D eigenvalue weighted by molar-refractivity contribution is 8.00. The Bertz CT molecular complexity index is 788. The van der Waals surface area contributed by atoms with Crippen LogP contribution < -0.4 is 11.1 Å². The summed E-state index contributed by atoms with van der Waals surface area (Å²) in [6.07, 6.45) is 0.907.